The van der Waals surface area contributed by atoms with E-state index >= 15 is 0 Å². The Kier molecular flexibility index (Phi) is 4.08. The predicted octanol–water partition coefficient (Wildman–Crippen LogP) is 3.91. The van der Waals surface area contributed by atoms with Crippen LogP contribution < -0.4 is 10.6 Å². The van der Waals surface area contributed by atoms with E-state index in [9.17, 15) is 4.79 Å². The van der Waals surface area contributed by atoms with Gasteiger partial charge in [-0.3, -0.25) is 4.79 Å². The average Bonchev–Trinajstić information content (AvgIpc) is 2.43. The molecule has 0 bridgehead atoms. The highest BCUT2D eigenvalue weighted by Gasteiger charge is 2.12. The van der Waals surface area contributed by atoms with Gasteiger partial charge in [-0.1, -0.05) is 23.8 Å². The first-order valence-electron chi connectivity index (χ1n) is 6.69. The standard InChI is InChI=1S/C17H20N2O/c1-11-8-9-16(18-4)14(10-11)17(20)19-15-7-5-6-12(2)13(15)3/h5-10,18H,1-4H3,(H,19,20). The second kappa shape index (κ2) is 5.78. The highest BCUT2D eigenvalue weighted by Crippen LogP contribution is 2.22. The zero-order valence-electron chi connectivity index (χ0n) is 12.4. The molecule has 0 radical (unpaired) electrons. The lowest BCUT2D eigenvalue weighted by molar-refractivity contribution is 0.102. The molecule has 0 atom stereocenters. The summed E-state index contributed by atoms with van der Waals surface area (Å²) >= 11 is 0. The number of nitrogens with one attached hydrogen (secondary N) is 2. The summed E-state index contributed by atoms with van der Waals surface area (Å²) in [5.41, 5.74) is 5.68. The molecule has 2 N–H and O–H groups in total. The number of benzene rings is 2. The van der Waals surface area contributed by atoms with Crippen LogP contribution in [0, 0.1) is 20.8 Å². The van der Waals surface area contributed by atoms with E-state index in [2.05, 4.69) is 10.6 Å². The quantitative estimate of drug-likeness (QED) is 0.886. The number of aryl methyl sites for hydroxylation is 2. The van der Waals surface area contributed by atoms with Crippen LogP contribution in [-0.2, 0) is 0 Å². The van der Waals surface area contributed by atoms with Gasteiger partial charge in [0.2, 0.25) is 0 Å². The Morgan fingerprint density at radius 1 is 1.00 bits per heavy atom. The largest absolute Gasteiger partial charge is 0.387 e. The zero-order valence-corrected chi connectivity index (χ0v) is 12.4. The molecule has 3 heteroatoms. The van der Waals surface area contributed by atoms with Gasteiger partial charge in [0.05, 0.1) is 5.56 Å². The van der Waals surface area contributed by atoms with Crippen molar-refractivity contribution in [2.24, 2.45) is 0 Å². The van der Waals surface area contributed by atoms with Crippen molar-refractivity contribution in [1.82, 2.24) is 0 Å². The van der Waals surface area contributed by atoms with E-state index in [0.29, 0.717) is 5.56 Å². The fourth-order valence-electron chi connectivity index (χ4n) is 2.14. The number of hydrogen-bond donors (Lipinski definition) is 2. The van der Waals surface area contributed by atoms with Crippen LogP contribution in [-0.4, -0.2) is 13.0 Å². The van der Waals surface area contributed by atoms with Crippen molar-refractivity contribution in [3.05, 3.63) is 58.7 Å². The molecule has 3 nitrogen and oxygen atoms in total. The third-order valence-corrected chi connectivity index (χ3v) is 3.54. The summed E-state index contributed by atoms with van der Waals surface area (Å²) in [6.45, 7) is 6.03. The summed E-state index contributed by atoms with van der Waals surface area (Å²) in [6.07, 6.45) is 0. The summed E-state index contributed by atoms with van der Waals surface area (Å²) in [5.74, 6) is -0.0910. The van der Waals surface area contributed by atoms with Crippen LogP contribution in [0.25, 0.3) is 0 Å². The minimum atomic E-state index is -0.0910. The lowest BCUT2D eigenvalue weighted by Gasteiger charge is -2.13. The molecule has 0 heterocycles. The molecular formula is C17H20N2O. The summed E-state index contributed by atoms with van der Waals surface area (Å²) in [4.78, 5) is 12.5. The summed E-state index contributed by atoms with van der Waals surface area (Å²) < 4.78 is 0. The third kappa shape index (κ3) is 2.82. The topological polar surface area (TPSA) is 41.1 Å². The van der Waals surface area contributed by atoms with Crippen LogP contribution in [0.2, 0.25) is 0 Å². The molecule has 2 rings (SSSR count). The molecule has 0 aliphatic rings. The summed E-state index contributed by atoms with van der Waals surface area (Å²) in [7, 11) is 1.82. The molecule has 104 valence electrons. The zero-order chi connectivity index (χ0) is 14.7. The summed E-state index contributed by atoms with van der Waals surface area (Å²) in [5, 5.41) is 6.04. The monoisotopic (exact) mass is 268 g/mol. The van der Waals surface area contributed by atoms with Crippen molar-refractivity contribution in [3.8, 4) is 0 Å². The molecule has 0 unspecified atom stereocenters. The van der Waals surface area contributed by atoms with Gasteiger partial charge in [-0.2, -0.15) is 0 Å². The van der Waals surface area contributed by atoms with Gasteiger partial charge in [0, 0.05) is 18.4 Å². The Morgan fingerprint density at radius 2 is 1.75 bits per heavy atom. The minimum absolute atomic E-state index is 0.0910. The van der Waals surface area contributed by atoms with Crippen LogP contribution in [0.3, 0.4) is 0 Å². The lowest BCUT2D eigenvalue weighted by Crippen LogP contribution is -2.15. The van der Waals surface area contributed by atoms with Gasteiger partial charge in [0.1, 0.15) is 0 Å². The van der Waals surface area contributed by atoms with Crippen molar-refractivity contribution >= 4 is 17.3 Å². The Labute approximate surface area is 120 Å². The van der Waals surface area contributed by atoms with Gasteiger partial charge < -0.3 is 10.6 Å². The number of carbonyl (C=O) groups is 1. The van der Waals surface area contributed by atoms with Gasteiger partial charge >= 0.3 is 0 Å². The van der Waals surface area contributed by atoms with E-state index in [4.69, 9.17) is 0 Å². The number of rotatable bonds is 3. The van der Waals surface area contributed by atoms with Gasteiger partial charge in [0.25, 0.3) is 5.91 Å². The van der Waals surface area contributed by atoms with Gasteiger partial charge in [0.15, 0.2) is 0 Å². The maximum Gasteiger partial charge on any atom is 0.257 e. The third-order valence-electron chi connectivity index (χ3n) is 3.54. The van der Waals surface area contributed by atoms with E-state index in [1.54, 1.807) is 0 Å². The number of hydrogen-bond acceptors (Lipinski definition) is 2. The van der Waals surface area contributed by atoms with E-state index in [0.717, 1.165) is 22.5 Å². The first kappa shape index (κ1) is 14.1. The average molecular weight is 268 g/mol. The summed E-state index contributed by atoms with van der Waals surface area (Å²) in [6, 6.07) is 11.7. The first-order chi connectivity index (χ1) is 9.52. The fourth-order valence-corrected chi connectivity index (χ4v) is 2.14. The van der Waals surface area contributed by atoms with E-state index in [-0.39, 0.29) is 5.91 Å². The molecule has 20 heavy (non-hydrogen) atoms. The molecule has 0 fully saturated rings. The fraction of sp³-hybridized carbons (Fsp3) is 0.235. The molecule has 1 amide bonds. The van der Waals surface area contributed by atoms with Crippen molar-refractivity contribution in [2.45, 2.75) is 20.8 Å². The van der Waals surface area contributed by atoms with Crippen molar-refractivity contribution in [2.75, 3.05) is 17.7 Å². The minimum Gasteiger partial charge on any atom is -0.387 e. The Hall–Kier alpha value is -2.29. The van der Waals surface area contributed by atoms with E-state index in [1.807, 2.05) is 64.2 Å². The number of amides is 1. The highest BCUT2D eigenvalue weighted by molar-refractivity contribution is 6.08. The Morgan fingerprint density at radius 3 is 2.45 bits per heavy atom. The number of carbonyl (C=O) groups excluding carboxylic acids is 1. The van der Waals surface area contributed by atoms with Crippen LogP contribution in [0.15, 0.2) is 36.4 Å². The SMILES string of the molecule is CNc1ccc(C)cc1C(=O)Nc1cccc(C)c1C. The van der Waals surface area contributed by atoms with Crippen molar-refractivity contribution < 1.29 is 4.79 Å². The predicted molar refractivity (Wildman–Crippen MR) is 84.6 cm³/mol. The molecule has 2 aromatic carbocycles. The molecule has 0 spiro atoms. The molecular weight excluding hydrogens is 248 g/mol. The molecule has 0 aliphatic heterocycles. The Balaban J connectivity index is 2.33. The highest BCUT2D eigenvalue weighted by atomic mass is 16.1. The maximum absolute atomic E-state index is 12.5. The number of anilines is 2. The van der Waals surface area contributed by atoms with Crippen molar-refractivity contribution in [3.63, 3.8) is 0 Å². The molecule has 0 saturated carbocycles. The van der Waals surface area contributed by atoms with Gasteiger partial charge in [-0.15, -0.1) is 0 Å². The molecule has 2 aromatic rings. The molecule has 0 aliphatic carbocycles. The maximum atomic E-state index is 12.5. The normalized spacial score (nSPS) is 10.2. The van der Waals surface area contributed by atoms with Crippen molar-refractivity contribution in [1.29, 1.82) is 0 Å². The first-order valence-corrected chi connectivity index (χ1v) is 6.69. The van der Waals surface area contributed by atoms with Crippen LogP contribution in [0.5, 0.6) is 0 Å². The van der Waals surface area contributed by atoms with Crippen LogP contribution in [0.4, 0.5) is 11.4 Å². The lowest BCUT2D eigenvalue weighted by atomic mass is 10.1. The second-order valence-electron chi connectivity index (χ2n) is 5.00. The van der Waals surface area contributed by atoms with Crippen LogP contribution >= 0.6 is 0 Å². The Bertz CT molecular complexity index is 647. The van der Waals surface area contributed by atoms with E-state index in [1.165, 1.54) is 5.56 Å². The van der Waals surface area contributed by atoms with Crippen LogP contribution in [0.1, 0.15) is 27.0 Å². The second-order valence-corrected chi connectivity index (χ2v) is 5.00. The molecule has 0 saturated heterocycles. The smallest absolute Gasteiger partial charge is 0.257 e. The van der Waals surface area contributed by atoms with Gasteiger partial charge in [-0.25, -0.2) is 0 Å². The van der Waals surface area contributed by atoms with E-state index < -0.39 is 0 Å². The molecule has 0 aromatic heterocycles. The van der Waals surface area contributed by atoms with Gasteiger partial charge in [-0.05, 0) is 50.1 Å².